The van der Waals surface area contributed by atoms with Crippen LogP contribution >= 0.6 is 15.9 Å². The standard InChI is InChI=1S/C15H12BrFN2O2/c1-8-10(3-2-4-11(8)16)15(21)19-13-7-9(14(18)20)5-6-12(13)17/h2-7H,1H3,(H2,18,20)(H,19,21). The van der Waals surface area contributed by atoms with Gasteiger partial charge in [-0.2, -0.15) is 0 Å². The summed E-state index contributed by atoms with van der Waals surface area (Å²) in [5.74, 6) is -1.79. The van der Waals surface area contributed by atoms with E-state index in [1.807, 2.05) is 0 Å². The SMILES string of the molecule is Cc1c(Br)cccc1C(=O)Nc1cc(C(N)=O)ccc1F. The molecule has 4 nitrogen and oxygen atoms in total. The first-order valence-electron chi connectivity index (χ1n) is 6.06. The van der Waals surface area contributed by atoms with Crippen molar-refractivity contribution in [1.82, 2.24) is 0 Å². The van der Waals surface area contributed by atoms with Gasteiger partial charge in [-0.05, 0) is 42.8 Å². The Bertz CT molecular complexity index is 732. The molecule has 21 heavy (non-hydrogen) atoms. The summed E-state index contributed by atoms with van der Waals surface area (Å²) >= 11 is 3.33. The zero-order chi connectivity index (χ0) is 15.6. The first-order chi connectivity index (χ1) is 9.90. The number of nitrogens with one attached hydrogen (secondary N) is 1. The highest BCUT2D eigenvalue weighted by Crippen LogP contribution is 2.22. The summed E-state index contributed by atoms with van der Waals surface area (Å²) in [6.07, 6.45) is 0. The van der Waals surface area contributed by atoms with E-state index >= 15 is 0 Å². The van der Waals surface area contributed by atoms with Crippen molar-refractivity contribution in [3.8, 4) is 0 Å². The summed E-state index contributed by atoms with van der Waals surface area (Å²) in [4.78, 5) is 23.3. The molecule has 0 radical (unpaired) electrons. The van der Waals surface area contributed by atoms with Crippen molar-refractivity contribution in [2.24, 2.45) is 5.73 Å². The Morgan fingerprint density at radius 2 is 1.95 bits per heavy atom. The molecule has 0 unspecified atom stereocenters. The second kappa shape index (κ2) is 6.05. The maximum Gasteiger partial charge on any atom is 0.256 e. The molecular weight excluding hydrogens is 339 g/mol. The average molecular weight is 351 g/mol. The number of rotatable bonds is 3. The van der Waals surface area contributed by atoms with Gasteiger partial charge in [-0.1, -0.05) is 22.0 Å². The van der Waals surface area contributed by atoms with Gasteiger partial charge in [0.25, 0.3) is 5.91 Å². The Hall–Kier alpha value is -2.21. The third-order valence-electron chi connectivity index (χ3n) is 3.01. The summed E-state index contributed by atoms with van der Waals surface area (Å²) in [6, 6.07) is 8.71. The van der Waals surface area contributed by atoms with E-state index in [2.05, 4.69) is 21.2 Å². The van der Waals surface area contributed by atoms with Crippen molar-refractivity contribution in [3.05, 3.63) is 63.4 Å². The second-order valence-electron chi connectivity index (χ2n) is 4.43. The fraction of sp³-hybridized carbons (Fsp3) is 0.0667. The van der Waals surface area contributed by atoms with Gasteiger partial charge in [-0.3, -0.25) is 9.59 Å². The van der Waals surface area contributed by atoms with Gasteiger partial charge in [0.2, 0.25) is 5.91 Å². The highest BCUT2D eigenvalue weighted by atomic mass is 79.9. The zero-order valence-corrected chi connectivity index (χ0v) is 12.7. The number of amides is 2. The Balaban J connectivity index is 2.33. The van der Waals surface area contributed by atoms with Crippen LogP contribution in [-0.2, 0) is 0 Å². The summed E-state index contributed by atoms with van der Waals surface area (Å²) in [5, 5.41) is 2.45. The minimum Gasteiger partial charge on any atom is -0.366 e. The fourth-order valence-electron chi connectivity index (χ4n) is 1.82. The number of hydrogen-bond donors (Lipinski definition) is 2. The highest BCUT2D eigenvalue weighted by molar-refractivity contribution is 9.10. The highest BCUT2D eigenvalue weighted by Gasteiger charge is 2.14. The minimum atomic E-state index is -0.691. The normalized spacial score (nSPS) is 10.2. The first-order valence-corrected chi connectivity index (χ1v) is 6.85. The van der Waals surface area contributed by atoms with Crippen LogP contribution in [0.2, 0.25) is 0 Å². The van der Waals surface area contributed by atoms with E-state index in [1.54, 1.807) is 25.1 Å². The number of benzene rings is 2. The molecule has 0 fully saturated rings. The topological polar surface area (TPSA) is 72.2 Å². The number of primary amides is 1. The minimum absolute atomic E-state index is 0.0873. The smallest absolute Gasteiger partial charge is 0.256 e. The van der Waals surface area contributed by atoms with Crippen molar-refractivity contribution < 1.29 is 14.0 Å². The van der Waals surface area contributed by atoms with Crippen LogP contribution < -0.4 is 11.1 Å². The van der Waals surface area contributed by atoms with E-state index in [1.165, 1.54) is 12.1 Å². The maximum atomic E-state index is 13.7. The molecule has 0 aliphatic heterocycles. The Labute approximate surface area is 129 Å². The quantitative estimate of drug-likeness (QED) is 0.891. The van der Waals surface area contributed by atoms with Crippen LogP contribution in [0.5, 0.6) is 0 Å². The van der Waals surface area contributed by atoms with Crippen LogP contribution in [-0.4, -0.2) is 11.8 Å². The van der Waals surface area contributed by atoms with Gasteiger partial charge < -0.3 is 11.1 Å². The van der Waals surface area contributed by atoms with Crippen LogP contribution in [0.4, 0.5) is 10.1 Å². The molecule has 0 spiro atoms. The Kier molecular flexibility index (Phi) is 4.37. The summed E-state index contributed by atoms with van der Waals surface area (Å²) in [7, 11) is 0. The molecule has 0 bridgehead atoms. The molecule has 3 N–H and O–H groups in total. The van der Waals surface area contributed by atoms with Crippen molar-refractivity contribution in [1.29, 1.82) is 0 Å². The second-order valence-corrected chi connectivity index (χ2v) is 5.28. The Morgan fingerprint density at radius 3 is 2.62 bits per heavy atom. The number of carbonyl (C=O) groups is 2. The van der Waals surface area contributed by atoms with Crippen LogP contribution in [0.3, 0.4) is 0 Å². The summed E-state index contributed by atoms with van der Waals surface area (Å²) in [5.41, 5.74) is 6.32. The van der Waals surface area contributed by atoms with Crippen molar-refractivity contribution in [2.45, 2.75) is 6.92 Å². The molecule has 2 rings (SSSR count). The Morgan fingerprint density at radius 1 is 1.24 bits per heavy atom. The molecule has 2 aromatic carbocycles. The summed E-state index contributed by atoms with van der Waals surface area (Å²) < 4.78 is 14.5. The molecule has 0 saturated carbocycles. The van der Waals surface area contributed by atoms with Crippen molar-refractivity contribution in [3.63, 3.8) is 0 Å². The van der Waals surface area contributed by atoms with Gasteiger partial charge in [0.15, 0.2) is 0 Å². The van der Waals surface area contributed by atoms with E-state index in [9.17, 15) is 14.0 Å². The fourth-order valence-corrected chi connectivity index (χ4v) is 2.18. The molecule has 6 heteroatoms. The molecule has 108 valence electrons. The lowest BCUT2D eigenvalue weighted by Gasteiger charge is -2.10. The molecule has 0 heterocycles. The monoisotopic (exact) mass is 350 g/mol. The van der Waals surface area contributed by atoms with Crippen LogP contribution in [0.15, 0.2) is 40.9 Å². The molecule has 0 aliphatic carbocycles. The number of hydrogen-bond acceptors (Lipinski definition) is 2. The number of anilines is 1. The van der Waals surface area contributed by atoms with Gasteiger partial charge in [0, 0.05) is 15.6 Å². The molecule has 2 amide bonds. The molecule has 0 aliphatic rings. The lowest BCUT2D eigenvalue weighted by Crippen LogP contribution is -2.16. The summed E-state index contributed by atoms with van der Waals surface area (Å²) in [6.45, 7) is 1.77. The van der Waals surface area contributed by atoms with Crippen LogP contribution in [0.25, 0.3) is 0 Å². The average Bonchev–Trinajstić information content (AvgIpc) is 2.43. The van der Waals surface area contributed by atoms with E-state index < -0.39 is 17.6 Å². The third kappa shape index (κ3) is 3.28. The van der Waals surface area contributed by atoms with Crippen molar-refractivity contribution >= 4 is 33.4 Å². The van der Waals surface area contributed by atoms with Crippen molar-refractivity contribution in [2.75, 3.05) is 5.32 Å². The maximum absolute atomic E-state index is 13.7. The lowest BCUT2D eigenvalue weighted by molar-refractivity contribution is 0.0996. The third-order valence-corrected chi connectivity index (χ3v) is 3.87. The van der Waals surface area contributed by atoms with E-state index in [-0.39, 0.29) is 11.3 Å². The van der Waals surface area contributed by atoms with Gasteiger partial charge in [0.05, 0.1) is 5.69 Å². The van der Waals surface area contributed by atoms with E-state index in [0.717, 1.165) is 16.1 Å². The molecule has 0 atom stereocenters. The molecule has 0 aromatic heterocycles. The lowest BCUT2D eigenvalue weighted by atomic mass is 10.1. The van der Waals surface area contributed by atoms with Gasteiger partial charge in [-0.15, -0.1) is 0 Å². The molecular formula is C15H12BrFN2O2. The van der Waals surface area contributed by atoms with Crippen LogP contribution in [0.1, 0.15) is 26.3 Å². The number of halogens is 2. The van der Waals surface area contributed by atoms with E-state index in [0.29, 0.717) is 5.56 Å². The predicted molar refractivity (Wildman–Crippen MR) is 81.8 cm³/mol. The molecule has 0 saturated heterocycles. The van der Waals surface area contributed by atoms with Crippen LogP contribution in [0, 0.1) is 12.7 Å². The van der Waals surface area contributed by atoms with Gasteiger partial charge >= 0.3 is 0 Å². The first kappa shape index (κ1) is 15.2. The van der Waals surface area contributed by atoms with Gasteiger partial charge in [0.1, 0.15) is 5.82 Å². The number of carbonyl (C=O) groups excluding carboxylic acids is 2. The predicted octanol–water partition coefficient (Wildman–Crippen LogP) is 3.25. The van der Waals surface area contributed by atoms with Gasteiger partial charge in [-0.25, -0.2) is 4.39 Å². The largest absolute Gasteiger partial charge is 0.366 e. The zero-order valence-electron chi connectivity index (χ0n) is 11.1. The number of nitrogens with two attached hydrogens (primary N) is 1. The van der Waals surface area contributed by atoms with E-state index in [4.69, 9.17) is 5.73 Å². The molecule has 2 aromatic rings.